The number of pyridine rings is 1. The Balaban J connectivity index is 1.53. The number of carbonyl (C=O) groups is 1. The van der Waals surface area contributed by atoms with Crippen molar-refractivity contribution in [2.75, 3.05) is 19.4 Å². The Morgan fingerprint density at radius 2 is 1.90 bits per heavy atom. The number of anilines is 1. The summed E-state index contributed by atoms with van der Waals surface area (Å²) in [6.07, 6.45) is 4.80. The highest BCUT2D eigenvalue weighted by molar-refractivity contribution is 7.90. The van der Waals surface area contributed by atoms with Gasteiger partial charge in [-0.05, 0) is 74.4 Å². The van der Waals surface area contributed by atoms with Gasteiger partial charge in [-0.15, -0.1) is 4.36 Å². The van der Waals surface area contributed by atoms with Gasteiger partial charge in [-0.1, -0.05) is 31.2 Å². The van der Waals surface area contributed by atoms with Crippen LogP contribution in [0.3, 0.4) is 0 Å². The van der Waals surface area contributed by atoms with E-state index >= 15 is 0 Å². The first-order valence-corrected chi connectivity index (χ1v) is 12.6. The quantitative estimate of drug-likeness (QED) is 0.738. The first-order chi connectivity index (χ1) is 14.7. The van der Waals surface area contributed by atoms with Crippen LogP contribution in [0.2, 0.25) is 0 Å². The van der Waals surface area contributed by atoms with Crippen molar-refractivity contribution < 1.29 is 9.00 Å². The summed E-state index contributed by atoms with van der Waals surface area (Å²) >= 11 is 0. The number of hydrogen-bond acceptors (Lipinski definition) is 4. The molecule has 0 spiro atoms. The average Bonchev–Trinajstić information content (AvgIpc) is 3.29. The molecule has 1 heterocycles. The summed E-state index contributed by atoms with van der Waals surface area (Å²) in [6.45, 7) is 3.00. The number of nitrogens with one attached hydrogen (secondary N) is 1. The van der Waals surface area contributed by atoms with Gasteiger partial charge in [0.1, 0.15) is 9.92 Å². The molecule has 0 bridgehead atoms. The van der Waals surface area contributed by atoms with Gasteiger partial charge >= 0.3 is 6.03 Å². The molecule has 0 fully saturated rings. The molecular formula is C23H31N5O2S. The highest BCUT2D eigenvalue weighted by Gasteiger charge is 2.29. The lowest BCUT2D eigenvalue weighted by Gasteiger charge is -2.15. The lowest BCUT2D eigenvalue weighted by Crippen LogP contribution is -2.20. The largest absolute Gasteiger partial charge is 0.354 e. The molecule has 2 amide bonds. The molecule has 2 aliphatic carbocycles. The van der Waals surface area contributed by atoms with Crippen LogP contribution < -0.4 is 10.5 Å². The first-order valence-electron chi connectivity index (χ1n) is 10.8. The molecule has 2 aromatic rings. The van der Waals surface area contributed by atoms with E-state index in [9.17, 15) is 9.00 Å². The van der Waals surface area contributed by atoms with Crippen LogP contribution in [0.4, 0.5) is 10.5 Å². The normalized spacial score (nSPS) is 19.1. The van der Waals surface area contributed by atoms with Crippen molar-refractivity contribution in [1.29, 1.82) is 0 Å². The van der Waals surface area contributed by atoms with Crippen molar-refractivity contribution in [2.24, 2.45) is 9.50 Å². The molecule has 8 heteroatoms. The Kier molecular flexibility index (Phi) is 6.14. The van der Waals surface area contributed by atoms with Gasteiger partial charge in [-0.25, -0.2) is 14.1 Å². The van der Waals surface area contributed by atoms with Crippen LogP contribution in [0, 0.1) is 0 Å². The zero-order chi connectivity index (χ0) is 22.2. The lowest BCUT2D eigenvalue weighted by atomic mass is 10.0. The van der Waals surface area contributed by atoms with Gasteiger partial charge < -0.3 is 10.2 Å². The molecule has 1 aromatic heterocycles. The molecule has 7 nitrogen and oxygen atoms in total. The molecule has 31 heavy (non-hydrogen) atoms. The SMILES string of the molecule is CC1CCc2c1nc1c(c2NC(=O)N=S(N)(=O)Cc2ccc(CN(C)C)cc2)CCC1. The maximum atomic E-state index is 12.9. The summed E-state index contributed by atoms with van der Waals surface area (Å²) in [5.41, 5.74) is 7.16. The number of aromatic nitrogens is 1. The third kappa shape index (κ3) is 4.97. The van der Waals surface area contributed by atoms with Crippen molar-refractivity contribution >= 4 is 21.6 Å². The minimum absolute atomic E-state index is 0.0340. The Morgan fingerprint density at radius 3 is 2.61 bits per heavy atom. The molecule has 2 atom stereocenters. The Morgan fingerprint density at radius 1 is 1.19 bits per heavy atom. The molecule has 0 saturated heterocycles. The summed E-state index contributed by atoms with van der Waals surface area (Å²) in [5.74, 6) is 0.425. The molecule has 2 aliphatic rings. The number of fused-ring (bicyclic) bond motifs is 2. The summed E-state index contributed by atoms with van der Waals surface area (Å²) in [4.78, 5) is 19.7. The second kappa shape index (κ2) is 8.68. The minimum atomic E-state index is -3.19. The second-order valence-electron chi connectivity index (χ2n) is 8.98. The molecule has 3 N–H and O–H groups in total. The number of aryl methyl sites for hydroxylation is 1. The number of nitrogens with zero attached hydrogens (tertiary/aromatic N) is 3. The standard InChI is InChI=1S/C23H31N5O2S/c1-15-7-12-19-21(15)25-20-6-4-5-18(20)22(19)26-23(29)27-31(24,30)14-17-10-8-16(9-11-17)13-28(2)3/h8-11,15H,4-7,12-14H2,1-3H3,(H3,24,25,26,27,29,30). The average molecular weight is 442 g/mol. The van der Waals surface area contributed by atoms with E-state index in [2.05, 4.69) is 21.5 Å². The van der Waals surface area contributed by atoms with E-state index in [1.165, 1.54) is 0 Å². The topological polar surface area (TPSA) is 101 Å². The Bertz CT molecular complexity index is 1120. The number of amides is 2. The zero-order valence-electron chi connectivity index (χ0n) is 18.5. The lowest BCUT2D eigenvalue weighted by molar-refractivity contribution is 0.260. The minimum Gasteiger partial charge on any atom is -0.305 e. The van der Waals surface area contributed by atoms with Gasteiger partial charge in [0.25, 0.3) is 0 Å². The number of urea groups is 1. The summed E-state index contributed by atoms with van der Waals surface area (Å²) in [6, 6.07) is 7.11. The van der Waals surface area contributed by atoms with E-state index in [0.717, 1.165) is 78.0 Å². The highest BCUT2D eigenvalue weighted by Crippen LogP contribution is 2.41. The third-order valence-corrected chi connectivity index (χ3v) is 7.24. The summed E-state index contributed by atoms with van der Waals surface area (Å²) in [7, 11) is 0.821. The van der Waals surface area contributed by atoms with Crippen LogP contribution in [0.1, 0.15) is 59.3 Å². The number of rotatable bonds is 5. The molecule has 2 unspecified atom stereocenters. The molecule has 1 aromatic carbocycles. The van der Waals surface area contributed by atoms with E-state index in [1.807, 2.05) is 38.4 Å². The van der Waals surface area contributed by atoms with E-state index in [-0.39, 0.29) is 5.75 Å². The molecule has 4 rings (SSSR count). The van der Waals surface area contributed by atoms with Gasteiger partial charge in [-0.2, -0.15) is 0 Å². The van der Waals surface area contributed by atoms with Gasteiger partial charge in [-0.3, -0.25) is 4.98 Å². The fraction of sp³-hybridized carbons (Fsp3) is 0.478. The van der Waals surface area contributed by atoms with E-state index in [0.29, 0.717) is 5.92 Å². The van der Waals surface area contributed by atoms with Crippen LogP contribution >= 0.6 is 0 Å². The van der Waals surface area contributed by atoms with Crippen LogP contribution in [0.15, 0.2) is 28.6 Å². The monoisotopic (exact) mass is 441 g/mol. The second-order valence-corrected chi connectivity index (χ2v) is 10.8. The Labute approximate surface area is 184 Å². The number of hydrogen-bond donors (Lipinski definition) is 2. The van der Waals surface area contributed by atoms with Crippen LogP contribution in [0.5, 0.6) is 0 Å². The van der Waals surface area contributed by atoms with Crippen molar-refractivity contribution in [3.63, 3.8) is 0 Å². The predicted molar refractivity (Wildman–Crippen MR) is 124 cm³/mol. The van der Waals surface area contributed by atoms with Crippen LogP contribution in [0.25, 0.3) is 0 Å². The predicted octanol–water partition coefficient (Wildman–Crippen LogP) is 3.76. The highest BCUT2D eigenvalue weighted by atomic mass is 32.2. The van der Waals surface area contributed by atoms with Gasteiger partial charge in [0.15, 0.2) is 0 Å². The molecule has 166 valence electrons. The third-order valence-electron chi connectivity index (χ3n) is 6.02. The number of nitrogens with two attached hydrogens (primary N) is 1. The van der Waals surface area contributed by atoms with Crippen molar-refractivity contribution in [1.82, 2.24) is 9.88 Å². The van der Waals surface area contributed by atoms with Crippen molar-refractivity contribution in [3.8, 4) is 0 Å². The maximum absolute atomic E-state index is 12.9. The zero-order valence-corrected chi connectivity index (χ0v) is 19.3. The van der Waals surface area contributed by atoms with E-state index in [1.54, 1.807) is 0 Å². The van der Waals surface area contributed by atoms with Gasteiger partial charge in [0, 0.05) is 17.9 Å². The summed E-state index contributed by atoms with van der Waals surface area (Å²) in [5, 5.41) is 8.88. The fourth-order valence-corrected chi connectivity index (χ4v) is 5.66. The number of benzene rings is 1. The van der Waals surface area contributed by atoms with Crippen LogP contribution in [-0.4, -0.2) is 34.2 Å². The molecule has 0 saturated carbocycles. The van der Waals surface area contributed by atoms with E-state index < -0.39 is 15.9 Å². The van der Waals surface area contributed by atoms with Gasteiger partial charge in [0.05, 0.1) is 11.4 Å². The fourth-order valence-electron chi connectivity index (χ4n) is 4.60. The smallest absolute Gasteiger partial charge is 0.305 e. The van der Waals surface area contributed by atoms with E-state index in [4.69, 9.17) is 10.1 Å². The first kappa shape index (κ1) is 21.9. The molecule has 0 aliphatic heterocycles. The molecule has 0 radical (unpaired) electrons. The Hall–Kier alpha value is -2.29. The molecular weight excluding hydrogens is 410 g/mol. The summed E-state index contributed by atoms with van der Waals surface area (Å²) < 4.78 is 16.7. The van der Waals surface area contributed by atoms with Crippen molar-refractivity contribution in [3.05, 3.63) is 57.9 Å². The van der Waals surface area contributed by atoms with Crippen LogP contribution in [-0.2, 0) is 41.5 Å². The maximum Gasteiger partial charge on any atom is 0.354 e. The van der Waals surface area contributed by atoms with Crippen molar-refractivity contribution in [2.45, 2.75) is 57.2 Å². The number of carbonyl (C=O) groups excluding carboxylic acids is 1. The van der Waals surface area contributed by atoms with Gasteiger partial charge in [0.2, 0.25) is 0 Å².